The minimum absolute atomic E-state index is 0.0902. The number of nitrogens with zero attached hydrogens (tertiary/aromatic N) is 2. The number of nitrogen functional groups attached to an aromatic ring is 1. The SMILES string of the molecule is CCn1nccc1C(=O)c1cc2ccccc2cc1N. The molecule has 1 heterocycles. The summed E-state index contributed by atoms with van der Waals surface area (Å²) >= 11 is 0. The summed E-state index contributed by atoms with van der Waals surface area (Å²) in [6, 6.07) is 13.3. The summed E-state index contributed by atoms with van der Waals surface area (Å²) in [5.41, 5.74) is 7.62. The van der Waals surface area contributed by atoms with E-state index < -0.39 is 0 Å². The first-order valence-corrected chi connectivity index (χ1v) is 6.55. The summed E-state index contributed by atoms with van der Waals surface area (Å²) < 4.78 is 1.68. The summed E-state index contributed by atoms with van der Waals surface area (Å²) in [4.78, 5) is 12.6. The maximum absolute atomic E-state index is 12.6. The molecule has 4 nitrogen and oxygen atoms in total. The summed E-state index contributed by atoms with van der Waals surface area (Å²) in [5.74, 6) is -0.0902. The molecule has 1 aromatic heterocycles. The maximum Gasteiger partial charge on any atom is 0.213 e. The number of hydrogen-bond donors (Lipinski definition) is 1. The summed E-state index contributed by atoms with van der Waals surface area (Å²) in [6.45, 7) is 2.61. The number of hydrogen-bond acceptors (Lipinski definition) is 3. The van der Waals surface area contributed by atoms with E-state index in [1.807, 2.05) is 43.3 Å². The molecule has 3 aromatic rings. The molecule has 0 bridgehead atoms. The maximum atomic E-state index is 12.6. The Kier molecular flexibility index (Phi) is 2.99. The molecule has 20 heavy (non-hydrogen) atoms. The molecule has 100 valence electrons. The molecular weight excluding hydrogens is 250 g/mol. The highest BCUT2D eigenvalue weighted by molar-refractivity contribution is 6.13. The summed E-state index contributed by atoms with van der Waals surface area (Å²) in [7, 11) is 0. The van der Waals surface area contributed by atoms with E-state index >= 15 is 0 Å². The van der Waals surface area contributed by atoms with Crippen LogP contribution in [0.25, 0.3) is 10.8 Å². The molecule has 2 N–H and O–H groups in total. The van der Waals surface area contributed by atoms with Crippen LogP contribution < -0.4 is 5.73 Å². The fourth-order valence-electron chi connectivity index (χ4n) is 2.37. The summed E-state index contributed by atoms with van der Waals surface area (Å²) in [5, 5.41) is 6.17. The molecule has 0 radical (unpaired) electrons. The van der Waals surface area contributed by atoms with Crippen LogP contribution in [0.5, 0.6) is 0 Å². The van der Waals surface area contributed by atoms with Crippen molar-refractivity contribution in [1.82, 2.24) is 9.78 Å². The number of carbonyl (C=O) groups is 1. The van der Waals surface area contributed by atoms with Gasteiger partial charge in [-0.2, -0.15) is 5.10 Å². The van der Waals surface area contributed by atoms with Gasteiger partial charge < -0.3 is 5.73 Å². The van der Waals surface area contributed by atoms with E-state index in [-0.39, 0.29) is 5.78 Å². The monoisotopic (exact) mass is 265 g/mol. The van der Waals surface area contributed by atoms with E-state index in [0.29, 0.717) is 23.5 Å². The lowest BCUT2D eigenvalue weighted by atomic mass is 10.0. The van der Waals surface area contributed by atoms with Crippen LogP contribution in [0.2, 0.25) is 0 Å². The fourth-order valence-corrected chi connectivity index (χ4v) is 2.37. The number of ketones is 1. The van der Waals surface area contributed by atoms with Crippen molar-refractivity contribution < 1.29 is 4.79 Å². The van der Waals surface area contributed by atoms with Gasteiger partial charge in [0.1, 0.15) is 5.69 Å². The number of carbonyl (C=O) groups excluding carboxylic acids is 1. The number of benzene rings is 2. The van der Waals surface area contributed by atoms with Gasteiger partial charge in [-0.25, -0.2) is 0 Å². The molecule has 0 saturated heterocycles. The van der Waals surface area contributed by atoms with Gasteiger partial charge in [0.15, 0.2) is 0 Å². The van der Waals surface area contributed by atoms with E-state index in [2.05, 4.69) is 5.10 Å². The molecule has 0 aliphatic rings. The van der Waals surface area contributed by atoms with Crippen molar-refractivity contribution in [3.8, 4) is 0 Å². The van der Waals surface area contributed by atoms with Crippen LogP contribution in [0.15, 0.2) is 48.7 Å². The average molecular weight is 265 g/mol. The second-order valence-electron chi connectivity index (χ2n) is 4.65. The Morgan fingerprint density at radius 2 is 1.90 bits per heavy atom. The van der Waals surface area contributed by atoms with Gasteiger partial charge in [0.05, 0.1) is 0 Å². The van der Waals surface area contributed by atoms with E-state index in [9.17, 15) is 4.79 Å². The molecule has 0 amide bonds. The van der Waals surface area contributed by atoms with Crippen molar-refractivity contribution in [2.45, 2.75) is 13.5 Å². The molecule has 0 aliphatic carbocycles. The molecule has 0 saturated carbocycles. The second kappa shape index (κ2) is 4.81. The molecule has 3 rings (SSSR count). The van der Waals surface area contributed by atoms with Crippen molar-refractivity contribution in [2.24, 2.45) is 0 Å². The minimum atomic E-state index is -0.0902. The Balaban J connectivity index is 2.14. The Morgan fingerprint density at radius 3 is 2.60 bits per heavy atom. The number of aromatic nitrogens is 2. The van der Waals surface area contributed by atoms with Gasteiger partial charge in [-0.05, 0) is 35.9 Å². The summed E-state index contributed by atoms with van der Waals surface area (Å²) in [6.07, 6.45) is 1.63. The van der Waals surface area contributed by atoms with E-state index in [0.717, 1.165) is 10.8 Å². The van der Waals surface area contributed by atoms with Gasteiger partial charge in [0.25, 0.3) is 0 Å². The van der Waals surface area contributed by atoms with Crippen molar-refractivity contribution in [3.05, 3.63) is 59.9 Å². The third-order valence-electron chi connectivity index (χ3n) is 3.41. The first-order valence-electron chi connectivity index (χ1n) is 6.55. The first-order chi connectivity index (χ1) is 9.70. The topological polar surface area (TPSA) is 60.9 Å². The van der Waals surface area contributed by atoms with Crippen LogP contribution in [0.1, 0.15) is 23.0 Å². The fraction of sp³-hybridized carbons (Fsp3) is 0.125. The molecule has 0 unspecified atom stereocenters. The lowest BCUT2D eigenvalue weighted by Crippen LogP contribution is -2.12. The van der Waals surface area contributed by atoms with Gasteiger partial charge in [-0.1, -0.05) is 24.3 Å². The molecule has 4 heteroatoms. The normalized spacial score (nSPS) is 10.8. The number of aryl methyl sites for hydroxylation is 1. The van der Waals surface area contributed by atoms with Gasteiger partial charge >= 0.3 is 0 Å². The standard InChI is InChI=1S/C16H15N3O/c1-2-19-15(7-8-18-19)16(20)13-9-11-5-3-4-6-12(11)10-14(13)17/h3-10H,2,17H2,1H3. The highest BCUT2D eigenvalue weighted by Gasteiger charge is 2.16. The molecule has 0 aliphatic heterocycles. The van der Waals surface area contributed by atoms with Crippen molar-refractivity contribution in [2.75, 3.05) is 5.73 Å². The van der Waals surface area contributed by atoms with Gasteiger partial charge in [-0.3, -0.25) is 9.48 Å². The zero-order valence-electron chi connectivity index (χ0n) is 11.2. The Morgan fingerprint density at radius 1 is 1.20 bits per heavy atom. The van der Waals surface area contributed by atoms with Crippen LogP contribution in [0, 0.1) is 0 Å². The Labute approximate surface area is 116 Å². The van der Waals surface area contributed by atoms with Crippen LogP contribution in [-0.2, 0) is 6.54 Å². The van der Waals surface area contributed by atoms with Gasteiger partial charge in [0.2, 0.25) is 5.78 Å². The molecule has 2 aromatic carbocycles. The molecule has 0 atom stereocenters. The molecule has 0 spiro atoms. The smallest absolute Gasteiger partial charge is 0.213 e. The van der Waals surface area contributed by atoms with E-state index in [4.69, 9.17) is 5.73 Å². The van der Waals surface area contributed by atoms with Gasteiger partial charge in [-0.15, -0.1) is 0 Å². The number of nitrogens with two attached hydrogens (primary N) is 1. The van der Waals surface area contributed by atoms with Gasteiger partial charge in [0, 0.05) is 24.0 Å². The van der Waals surface area contributed by atoms with Crippen LogP contribution in [0.4, 0.5) is 5.69 Å². The second-order valence-corrected chi connectivity index (χ2v) is 4.65. The van der Waals surface area contributed by atoms with Crippen molar-refractivity contribution in [3.63, 3.8) is 0 Å². The Hall–Kier alpha value is -2.62. The lowest BCUT2D eigenvalue weighted by molar-refractivity contribution is 0.103. The number of rotatable bonds is 3. The number of fused-ring (bicyclic) bond motifs is 1. The van der Waals surface area contributed by atoms with E-state index in [1.54, 1.807) is 16.9 Å². The predicted octanol–water partition coefficient (Wildman–Crippen LogP) is 2.87. The lowest BCUT2D eigenvalue weighted by Gasteiger charge is -2.08. The quantitative estimate of drug-likeness (QED) is 0.585. The molecule has 0 fully saturated rings. The average Bonchev–Trinajstić information content (AvgIpc) is 2.94. The first kappa shape index (κ1) is 12.4. The largest absolute Gasteiger partial charge is 0.398 e. The van der Waals surface area contributed by atoms with Crippen molar-refractivity contribution >= 4 is 22.2 Å². The van der Waals surface area contributed by atoms with E-state index in [1.165, 1.54) is 0 Å². The van der Waals surface area contributed by atoms with Crippen molar-refractivity contribution in [1.29, 1.82) is 0 Å². The zero-order chi connectivity index (χ0) is 14.1. The Bertz CT molecular complexity index is 789. The number of anilines is 1. The molecular formula is C16H15N3O. The minimum Gasteiger partial charge on any atom is -0.398 e. The third kappa shape index (κ3) is 1.95. The van der Waals surface area contributed by atoms with Crippen LogP contribution in [0.3, 0.4) is 0 Å². The van der Waals surface area contributed by atoms with Crippen LogP contribution >= 0.6 is 0 Å². The third-order valence-corrected chi connectivity index (χ3v) is 3.41. The predicted molar refractivity (Wildman–Crippen MR) is 79.7 cm³/mol. The highest BCUT2D eigenvalue weighted by Crippen LogP contribution is 2.24. The van der Waals surface area contributed by atoms with Crippen LogP contribution in [-0.4, -0.2) is 15.6 Å². The zero-order valence-corrected chi connectivity index (χ0v) is 11.2. The highest BCUT2D eigenvalue weighted by atomic mass is 16.1.